The van der Waals surface area contributed by atoms with Crippen LogP contribution in [0.4, 0.5) is 0 Å². The number of aromatic carboxylic acids is 1. The average molecular weight is 417 g/mol. The standard InChI is InChI=1S/C20H22N2O8/c1-26-13-7-6-11(16(20(24)25)18(13)30-5)10-21-22-19(23)12-8-14(27-2)17(29-4)15(9-12)28-3/h6-10H,1-5H3,(H,22,23)(H,24,25)/p-1/b21-10-. The zero-order chi connectivity index (χ0) is 22.3. The Hall–Kier alpha value is -3.95. The molecule has 1 N–H and O–H groups in total. The number of hydrogen-bond donors (Lipinski definition) is 1. The largest absolute Gasteiger partial charge is 0.545 e. The van der Waals surface area contributed by atoms with Crippen molar-refractivity contribution in [3.63, 3.8) is 0 Å². The first kappa shape index (κ1) is 22.3. The molecule has 0 aliphatic rings. The molecule has 0 fully saturated rings. The van der Waals surface area contributed by atoms with Gasteiger partial charge in [-0.15, -0.1) is 0 Å². The number of carbonyl (C=O) groups excluding carboxylic acids is 2. The highest BCUT2D eigenvalue weighted by Gasteiger charge is 2.17. The SMILES string of the molecule is COc1cc(C(=O)N/N=C\c2ccc(OC)c(OC)c2C(=O)[O-])cc(OC)c1OC. The van der Waals surface area contributed by atoms with Crippen molar-refractivity contribution in [3.05, 3.63) is 41.0 Å². The Morgan fingerprint density at radius 2 is 1.43 bits per heavy atom. The average Bonchev–Trinajstić information content (AvgIpc) is 2.76. The molecule has 0 saturated carbocycles. The lowest BCUT2D eigenvalue weighted by Gasteiger charge is -2.15. The number of amides is 1. The van der Waals surface area contributed by atoms with Gasteiger partial charge in [0.1, 0.15) is 0 Å². The quantitative estimate of drug-likeness (QED) is 0.470. The fraction of sp³-hybridized carbons (Fsp3) is 0.250. The number of methoxy groups -OCH3 is 5. The molecular weight excluding hydrogens is 396 g/mol. The van der Waals surface area contributed by atoms with Crippen LogP contribution in [0.15, 0.2) is 29.4 Å². The number of nitrogens with zero attached hydrogens (tertiary/aromatic N) is 1. The minimum Gasteiger partial charge on any atom is -0.545 e. The van der Waals surface area contributed by atoms with Gasteiger partial charge in [0, 0.05) is 11.1 Å². The second kappa shape index (κ2) is 10.0. The molecule has 10 heteroatoms. The Morgan fingerprint density at radius 3 is 1.90 bits per heavy atom. The van der Waals surface area contributed by atoms with E-state index in [9.17, 15) is 14.7 Å². The van der Waals surface area contributed by atoms with E-state index in [1.165, 1.54) is 59.8 Å². The molecule has 30 heavy (non-hydrogen) atoms. The molecule has 0 aliphatic carbocycles. The molecule has 1 amide bonds. The fourth-order valence-electron chi connectivity index (χ4n) is 2.70. The van der Waals surface area contributed by atoms with Crippen molar-refractivity contribution >= 4 is 18.1 Å². The summed E-state index contributed by atoms with van der Waals surface area (Å²) in [7, 11) is 6.98. The lowest BCUT2D eigenvalue weighted by atomic mass is 10.1. The van der Waals surface area contributed by atoms with E-state index in [-0.39, 0.29) is 28.2 Å². The Bertz CT molecular complexity index is 947. The molecule has 0 bridgehead atoms. The fourth-order valence-corrected chi connectivity index (χ4v) is 2.70. The third-order valence-electron chi connectivity index (χ3n) is 4.08. The van der Waals surface area contributed by atoms with Gasteiger partial charge in [0.05, 0.1) is 53.3 Å². The van der Waals surface area contributed by atoms with Crippen molar-refractivity contribution < 1.29 is 38.4 Å². The molecule has 0 aromatic heterocycles. The molecular formula is C20H21N2O8-. The van der Waals surface area contributed by atoms with Crippen molar-refractivity contribution in [2.75, 3.05) is 35.5 Å². The van der Waals surface area contributed by atoms with Crippen LogP contribution in [-0.2, 0) is 0 Å². The highest BCUT2D eigenvalue weighted by atomic mass is 16.5. The van der Waals surface area contributed by atoms with Crippen molar-refractivity contribution in [1.29, 1.82) is 0 Å². The zero-order valence-corrected chi connectivity index (χ0v) is 17.1. The van der Waals surface area contributed by atoms with E-state index in [0.717, 1.165) is 6.21 Å². The normalized spacial score (nSPS) is 10.4. The predicted molar refractivity (Wildman–Crippen MR) is 105 cm³/mol. The highest BCUT2D eigenvalue weighted by molar-refractivity contribution is 6.01. The van der Waals surface area contributed by atoms with Gasteiger partial charge < -0.3 is 33.6 Å². The van der Waals surface area contributed by atoms with E-state index < -0.39 is 11.9 Å². The first-order chi connectivity index (χ1) is 14.4. The van der Waals surface area contributed by atoms with E-state index in [1.54, 1.807) is 0 Å². The number of carboxylic acid groups (broad SMARTS) is 1. The summed E-state index contributed by atoms with van der Waals surface area (Å²) in [6, 6.07) is 5.86. The van der Waals surface area contributed by atoms with Crippen LogP contribution in [0.3, 0.4) is 0 Å². The molecule has 10 nitrogen and oxygen atoms in total. The van der Waals surface area contributed by atoms with Crippen LogP contribution in [0.5, 0.6) is 28.7 Å². The number of carboxylic acids is 1. The predicted octanol–water partition coefficient (Wildman–Crippen LogP) is 0.857. The molecule has 0 heterocycles. The number of rotatable bonds is 9. The van der Waals surface area contributed by atoms with Crippen LogP contribution in [0.25, 0.3) is 0 Å². The van der Waals surface area contributed by atoms with E-state index >= 15 is 0 Å². The van der Waals surface area contributed by atoms with Crippen molar-refractivity contribution in [1.82, 2.24) is 5.43 Å². The summed E-state index contributed by atoms with van der Waals surface area (Å²) in [6.07, 6.45) is 1.16. The maximum Gasteiger partial charge on any atom is 0.271 e. The number of nitrogens with one attached hydrogen (secondary N) is 1. The molecule has 0 saturated heterocycles. The summed E-state index contributed by atoms with van der Waals surface area (Å²) in [5.41, 5.74) is 2.39. The molecule has 0 atom stereocenters. The van der Waals surface area contributed by atoms with E-state index in [4.69, 9.17) is 23.7 Å². The van der Waals surface area contributed by atoms with Gasteiger partial charge in [-0.1, -0.05) is 0 Å². The van der Waals surface area contributed by atoms with Gasteiger partial charge in [-0.2, -0.15) is 5.10 Å². The Morgan fingerprint density at radius 1 is 0.867 bits per heavy atom. The second-order valence-electron chi connectivity index (χ2n) is 5.67. The molecule has 2 aromatic carbocycles. The monoisotopic (exact) mass is 417 g/mol. The van der Waals surface area contributed by atoms with Crippen LogP contribution in [0, 0.1) is 0 Å². The van der Waals surface area contributed by atoms with Crippen molar-refractivity contribution in [2.45, 2.75) is 0 Å². The van der Waals surface area contributed by atoms with Gasteiger partial charge in [-0.05, 0) is 24.3 Å². The van der Waals surface area contributed by atoms with E-state index in [0.29, 0.717) is 17.2 Å². The van der Waals surface area contributed by atoms with E-state index in [1.807, 2.05) is 0 Å². The summed E-state index contributed by atoms with van der Waals surface area (Å²) < 4.78 is 25.8. The zero-order valence-electron chi connectivity index (χ0n) is 17.1. The van der Waals surface area contributed by atoms with Crippen LogP contribution in [0.2, 0.25) is 0 Å². The lowest BCUT2D eigenvalue weighted by molar-refractivity contribution is -0.255. The topological polar surface area (TPSA) is 128 Å². The molecule has 160 valence electrons. The summed E-state index contributed by atoms with van der Waals surface area (Å²) in [6.45, 7) is 0. The van der Waals surface area contributed by atoms with Crippen LogP contribution in [-0.4, -0.2) is 53.6 Å². The van der Waals surface area contributed by atoms with Gasteiger partial charge in [0.25, 0.3) is 5.91 Å². The summed E-state index contributed by atoms with van der Waals surface area (Å²) >= 11 is 0. The molecule has 0 spiro atoms. The Balaban J connectivity index is 2.32. The minimum atomic E-state index is -1.48. The van der Waals surface area contributed by atoms with Gasteiger partial charge in [0.2, 0.25) is 5.75 Å². The maximum absolute atomic E-state index is 12.5. The van der Waals surface area contributed by atoms with Gasteiger partial charge in [-0.3, -0.25) is 4.79 Å². The molecule has 0 unspecified atom stereocenters. The third-order valence-corrected chi connectivity index (χ3v) is 4.08. The van der Waals surface area contributed by atoms with Gasteiger partial charge in [0.15, 0.2) is 23.0 Å². The highest BCUT2D eigenvalue weighted by Crippen LogP contribution is 2.38. The number of hydrazone groups is 1. The smallest absolute Gasteiger partial charge is 0.271 e. The summed E-state index contributed by atoms with van der Waals surface area (Å²) in [4.78, 5) is 24.0. The number of ether oxygens (including phenoxy) is 5. The number of carbonyl (C=O) groups is 2. The van der Waals surface area contributed by atoms with Crippen LogP contribution >= 0.6 is 0 Å². The molecule has 2 rings (SSSR count). The Labute approximate surface area is 173 Å². The molecule has 2 aromatic rings. The third kappa shape index (κ3) is 4.54. The summed E-state index contributed by atoms with van der Waals surface area (Å²) in [5, 5.41) is 15.4. The van der Waals surface area contributed by atoms with Gasteiger partial charge >= 0.3 is 0 Å². The van der Waals surface area contributed by atoms with Crippen LogP contribution in [0.1, 0.15) is 26.3 Å². The van der Waals surface area contributed by atoms with Crippen molar-refractivity contribution in [2.24, 2.45) is 5.10 Å². The summed E-state index contributed by atoms with van der Waals surface area (Å²) in [5.74, 6) is -0.934. The van der Waals surface area contributed by atoms with Gasteiger partial charge in [-0.25, -0.2) is 5.43 Å². The second-order valence-corrected chi connectivity index (χ2v) is 5.67. The van der Waals surface area contributed by atoms with Crippen LogP contribution < -0.4 is 34.2 Å². The Kier molecular flexibility index (Phi) is 7.45. The first-order valence-corrected chi connectivity index (χ1v) is 8.51. The minimum absolute atomic E-state index is 0.0163. The lowest BCUT2D eigenvalue weighted by Crippen LogP contribution is -2.25. The molecule has 0 radical (unpaired) electrons. The first-order valence-electron chi connectivity index (χ1n) is 8.51. The number of hydrogen-bond acceptors (Lipinski definition) is 9. The number of benzene rings is 2. The molecule has 0 aliphatic heterocycles. The van der Waals surface area contributed by atoms with E-state index in [2.05, 4.69) is 10.5 Å². The maximum atomic E-state index is 12.5. The van der Waals surface area contributed by atoms with Crippen molar-refractivity contribution in [3.8, 4) is 28.7 Å².